The molecule has 5 nitrogen and oxygen atoms in total. The van der Waals surface area contributed by atoms with Crippen molar-refractivity contribution in [2.45, 2.75) is 78.4 Å². The van der Waals surface area contributed by atoms with Gasteiger partial charge in [0.1, 0.15) is 11.6 Å². The van der Waals surface area contributed by atoms with E-state index in [1.54, 1.807) is 20.8 Å². The molecule has 1 amide bonds. The van der Waals surface area contributed by atoms with Gasteiger partial charge >= 0.3 is 12.1 Å². The van der Waals surface area contributed by atoms with Gasteiger partial charge in [0.05, 0.1) is 0 Å². The van der Waals surface area contributed by atoms with Crippen molar-refractivity contribution in [1.29, 1.82) is 0 Å². The molecule has 0 aliphatic heterocycles. The van der Waals surface area contributed by atoms with Crippen molar-refractivity contribution >= 4 is 12.1 Å². The maximum Gasteiger partial charge on any atom is 0.408 e. The van der Waals surface area contributed by atoms with Gasteiger partial charge in [0, 0.05) is 0 Å². The van der Waals surface area contributed by atoms with Gasteiger partial charge in [0.15, 0.2) is 0 Å². The smallest absolute Gasteiger partial charge is 0.408 e. The third-order valence-corrected chi connectivity index (χ3v) is 2.39. The third-order valence-electron chi connectivity index (χ3n) is 2.39. The minimum Gasteiger partial charge on any atom is -0.480 e. The molecule has 0 saturated heterocycles. The zero-order chi connectivity index (χ0) is 16.9. The molecule has 5 heteroatoms. The predicted molar refractivity (Wildman–Crippen MR) is 85.4 cm³/mol. The highest BCUT2D eigenvalue weighted by Gasteiger charge is 2.23. The average Bonchev–Trinajstić information content (AvgIpc) is 2.37. The quantitative estimate of drug-likeness (QED) is 0.522. The minimum absolute atomic E-state index is 0.408. The Morgan fingerprint density at radius 2 is 1.81 bits per heavy atom. The number of hydrogen-bond donors (Lipinski definition) is 2. The Balaban J connectivity index is 0. The second-order valence-electron chi connectivity index (χ2n) is 5.46. The molecular formula is C16H31NO4. The summed E-state index contributed by atoms with van der Waals surface area (Å²) in [5.74, 6) is -1.03. The highest BCUT2D eigenvalue weighted by molar-refractivity contribution is 5.79. The molecule has 0 aromatic heterocycles. The summed E-state index contributed by atoms with van der Waals surface area (Å²) >= 11 is 0. The van der Waals surface area contributed by atoms with Crippen LogP contribution in [-0.2, 0) is 9.53 Å². The summed E-state index contributed by atoms with van der Waals surface area (Å²) in [6, 6.07) is -0.890. The maximum atomic E-state index is 11.5. The Kier molecular flexibility index (Phi) is 12.7. The van der Waals surface area contributed by atoms with E-state index in [0.29, 0.717) is 6.42 Å². The van der Waals surface area contributed by atoms with E-state index in [2.05, 4.69) is 11.9 Å². The lowest BCUT2D eigenvalue weighted by Gasteiger charge is -2.22. The normalized spacial score (nSPS) is 11.7. The number of allylic oxidation sites excluding steroid dienone is 1. The van der Waals surface area contributed by atoms with Crippen LogP contribution in [0, 0.1) is 0 Å². The Labute approximate surface area is 128 Å². The number of aliphatic carboxylic acids is 1. The van der Waals surface area contributed by atoms with Gasteiger partial charge in [-0.1, -0.05) is 32.8 Å². The summed E-state index contributed by atoms with van der Waals surface area (Å²) in [4.78, 5) is 22.5. The van der Waals surface area contributed by atoms with Gasteiger partial charge in [-0.05, 0) is 40.0 Å². The number of alkyl carbamates (subject to hydrolysis) is 1. The zero-order valence-corrected chi connectivity index (χ0v) is 14.1. The molecule has 0 rings (SSSR count). The second kappa shape index (κ2) is 12.2. The number of carbonyl (C=O) groups excluding carboxylic acids is 1. The number of nitrogens with one attached hydrogen (secondary N) is 1. The molecule has 0 aromatic carbocycles. The Bertz CT molecular complexity index is 308. The number of hydrogen-bond acceptors (Lipinski definition) is 3. The van der Waals surface area contributed by atoms with E-state index in [0.717, 1.165) is 25.7 Å². The fourth-order valence-corrected chi connectivity index (χ4v) is 1.52. The lowest BCUT2D eigenvalue weighted by Crippen LogP contribution is -2.43. The summed E-state index contributed by atoms with van der Waals surface area (Å²) in [5.41, 5.74) is -0.628. The van der Waals surface area contributed by atoms with E-state index in [1.165, 1.54) is 0 Å². The van der Waals surface area contributed by atoms with E-state index in [1.807, 2.05) is 19.9 Å². The number of unbranched alkanes of at least 4 members (excludes halogenated alkanes) is 3. The van der Waals surface area contributed by atoms with Crippen LogP contribution in [0.15, 0.2) is 12.7 Å². The summed E-state index contributed by atoms with van der Waals surface area (Å²) in [6.45, 7) is 12.8. The molecule has 21 heavy (non-hydrogen) atoms. The second-order valence-corrected chi connectivity index (χ2v) is 5.46. The first-order valence-corrected chi connectivity index (χ1v) is 7.59. The van der Waals surface area contributed by atoms with E-state index < -0.39 is 23.7 Å². The van der Waals surface area contributed by atoms with E-state index in [-0.39, 0.29) is 0 Å². The Morgan fingerprint density at radius 1 is 1.24 bits per heavy atom. The van der Waals surface area contributed by atoms with Crippen LogP contribution in [0.1, 0.15) is 66.7 Å². The van der Waals surface area contributed by atoms with Crippen molar-refractivity contribution in [3.05, 3.63) is 12.7 Å². The first-order valence-electron chi connectivity index (χ1n) is 7.59. The van der Waals surface area contributed by atoms with Crippen molar-refractivity contribution in [3.8, 4) is 0 Å². The van der Waals surface area contributed by atoms with Crippen LogP contribution in [0.2, 0.25) is 0 Å². The van der Waals surface area contributed by atoms with Crippen molar-refractivity contribution in [1.82, 2.24) is 5.32 Å². The van der Waals surface area contributed by atoms with Crippen LogP contribution < -0.4 is 5.32 Å². The van der Waals surface area contributed by atoms with Crippen molar-refractivity contribution in [2.24, 2.45) is 0 Å². The van der Waals surface area contributed by atoms with Crippen LogP contribution in [0.4, 0.5) is 4.79 Å². The molecular weight excluding hydrogens is 270 g/mol. The molecule has 0 heterocycles. The monoisotopic (exact) mass is 301 g/mol. The van der Waals surface area contributed by atoms with Gasteiger partial charge in [-0.15, -0.1) is 6.58 Å². The molecule has 0 bridgehead atoms. The van der Waals surface area contributed by atoms with Gasteiger partial charge in [0.25, 0.3) is 0 Å². The van der Waals surface area contributed by atoms with Gasteiger partial charge in [0.2, 0.25) is 0 Å². The van der Waals surface area contributed by atoms with Crippen LogP contribution >= 0.6 is 0 Å². The summed E-state index contributed by atoms with van der Waals surface area (Å²) < 4.78 is 5.04. The molecule has 0 spiro atoms. The molecule has 0 saturated carbocycles. The first kappa shape index (κ1) is 21.8. The SMILES string of the molecule is C=CCCCCC[C@H](NC(=O)OC(C)(C)C)C(=O)O.CC. The molecule has 1 atom stereocenters. The van der Waals surface area contributed by atoms with E-state index in [9.17, 15) is 9.59 Å². The van der Waals surface area contributed by atoms with Gasteiger partial charge in [-0.25, -0.2) is 9.59 Å². The summed E-state index contributed by atoms with van der Waals surface area (Å²) in [5, 5.41) is 11.4. The van der Waals surface area contributed by atoms with Gasteiger partial charge < -0.3 is 15.2 Å². The zero-order valence-electron chi connectivity index (χ0n) is 14.1. The average molecular weight is 301 g/mol. The Hall–Kier alpha value is -1.52. The molecule has 0 aliphatic rings. The maximum absolute atomic E-state index is 11.5. The third kappa shape index (κ3) is 14.7. The topological polar surface area (TPSA) is 75.6 Å². The fourth-order valence-electron chi connectivity index (χ4n) is 1.52. The standard InChI is InChI=1S/C14H25NO4.C2H6/c1-5-6-7-8-9-10-11(12(16)17)15-13(18)19-14(2,3)4;1-2/h5,11H,1,6-10H2,2-4H3,(H,15,18)(H,16,17);1-2H3/t11-;/m0./s1. The first-order chi connectivity index (χ1) is 9.76. The van der Waals surface area contributed by atoms with Crippen molar-refractivity contribution < 1.29 is 19.4 Å². The summed E-state index contributed by atoms with van der Waals surface area (Å²) in [6.07, 6.45) is 5.15. The minimum atomic E-state index is -1.03. The van der Waals surface area contributed by atoms with Gasteiger partial charge in [-0.2, -0.15) is 0 Å². The number of carboxylic acids is 1. The lowest BCUT2D eigenvalue weighted by atomic mass is 10.1. The predicted octanol–water partition coefficient (Wildman–Crippen LogP) is 4.13. The van der Waals surface area contributed by atoms with Crippen molar-refractivity contribution in [3.63, 3.8) is 0 Å². The van der Waals surface area contributed by atoms with E-state index in [4.69, 9.17) is 9.84 Å². The highest BCUT2D eigenvalue weighted by atomic mass is 16.6. The molecule has 2 N–H and O–H groups in total. The number of carboxylic acid groups (broad SMARTS) is 1. The molecule has 0 fully saturated rings. The number of rotatable bonds is 8. The van der Waals surface area contributed by atoms with Crippen molar-refractivity contribution in [2.75, 3.05) is 0 Å². The van der Waals surface area contributed by atoms with Crippen LogP contribution in [0.25, 0.3) is 0 Å². The van der Waals surface area contributed by atoms with Crippen LogP contribution in [-0.4, -0.2) is 28.8 Å². The molecule has 0 unspecified atom stereocenters. The molecule has 124 valence electrons. The highest BCUT2D eigenvalue weighted by Crippen LogP contribution is 2.09. The molecule has 0 aromatic rings. The van der Waals surface area contributed by atoms with Crippen LogP contribution in [0.3, 0.4) is 0 Å². The molecule has 0 aliphatic carbocycles. The fraction of sp³-hybridized carbons (Fsp3) is 0.750. The van der Waals surface area contributed by atoms with Gasteiger partial charge in [-0.3, -0.25) is 0 Å². The number of ether oxygens (including phenoxy) is 1. The van der Waals surface area contributed by atoms with Crippen LogP contribution in [0.5, 0.6) is 0 Å². The Morgan fingerprint density at radius 3 is 2.24 bits per heavy atom. The number of carbonyl (C=O) groups is 2. The number of amides is 1. The largest absolute Gasteiger partial charge is 0.480 e. The summed E-state index contributed by atoms with van der Waals surface area (Å²) in [7, 11) is 0. The molecule has 0 radical (unpaired) electrons. The lowest BCUT2D eigenvalue weighted by molar-refractivity contribution is -0.139. The van der Waals surface area contributed by atoms with E-state index >= 15 is 0 Å².